The molecule has 4 N–H and O–H groups in total. The van der Waals surface area contributed by atoms with Crippen LogP contribution in [0.15, 0.2) is 155 Å². The second kappa shape index (κ2) is 16.5. The van der Waals surface area contributed by atoms with Crippen LogP contribution in [0.2, 0.25) is 0 Å². The van der Waals surface area contributed by atoms with E-state index in [-0.39, 0.29) is 52.0 Å². The van der Waals surface area contributed by atoms with E-state index >= 15 is 13.2 Å². The first-order chi connectivity index (χ1) is 31.8. The van der Waals surface area contributed by atoms with Gasteiger partial charge in [0.05, 0.1) is 11.1 Å². The fraction of sp³-hybridized carbons (Fsp3) is 0.115. The first-order valence-electron chi connectivity index (χ1n) is 20.9. The Morgan fingerprint density at radius 1 is 0.485 bits per heavy atom. The van der Waals surface area contributed by atoms with Gasteiger partial charge in [-0.25, -0.2) is 9.97 Å². The monoisotopic (exact) mass is 894 g/mol. The highest BCUT2D eigenvalue weighted by Crippen LogP contribution is 2.46. The number of aromatic amines is 2. The zero-order valence-corrected chi connectivity index (χ0v) is 34.6. The number of para-hydroxylation sites is 2. The molecule has 0 radical (unpaired) electrons. The number of H-pyrrole nitrogens is 2. The van der Waals surface area contributed by atoms with Crippen LogP contribution >= 0.6 is 0 Å². The molecular formula is C52H36F6N4O4. The number of nitrogens with one attached hydrogen (secondary N) is 2. The van der Waals surface area contributed by atoms with Gasteiger partial charge < -0.3 is 29.0 Å². The molecule has 0 aliphatic heterocycles. The summed E-state index contributed by atoms with van der Waals surface area (Å²) in [6.07, 6.45) is -4.05. The maximum absolute atomic E-state index is 15.0. The molecule has 0 atom stereocenters. The number of phenols is 2. The largest absolute Gasteiger partial charge is 0.508 e. The molecule has 8 nitrogen and oxygen atoms in total. The summed E-state index contributed by atoms with van der Waals surface area (Å²) in [4.78, 5) is 16.1. The van der Waals surface area contributed by atoms with E-state index in [2.05, 4.69) is 9.97 Å². The minimum absolute atomic E-state index is 0.0184. The summed E-state index contributed by atoms with van der Waals surface area (Å²) in [5.41, 5.74) is 3.10. The predicted molar refractivity (Wildman–Crippen MR) is 238 cm³/mol. The van der Waals surface area contributed by atoms with Crippen molar-refractivity contribution in [3.05, 3.63) is 180 Å². The third kappa shape index (κ3) is 8.17. The summed E-state index contributed by atoms with van der Waals surface area (Å²) in [5.74, 6) is 0.402. The van der Waals surface area contributed by atoms with Crippen LogP contribution in [-0.4, -0.2) is 30.1 Å². The second-order valence-electron chi connectivity index (χ2n) is 15.9. The van der Waals surface area contributed by atoms with E-state index in [9.17, 15) is 23.4 Å². The highest BCUT2D eigenvalue weighted by molar-refractivity contribution is 5.87. The van der Waals surface area contributed by atoms with Gasteiger partial charge in [-0.05, 0) is 108 Å². The van der Waals surface area contributed by atoms with E-state index in [0.29, 0.717) is 42.0 Å². The molecule has 0 aliphatic carbocycles. The SMILES string of the molecule is Oc1ccc(-c2nc(CCc3c[nH]c4ccccc34)oc2-c2ccc(O)c(-c3cc(-c4nc(CCc5c[nH]c6ccccc56)oc4-c4ccc(C(F)(F)F)cc4)ccc3C(F)(F)F)c2)cc1. The fourth-order valence-electron chi connectivity index (χ4n) is 8.37. The number of aromatic hydroxyl groups is 2. The summed E-state index contributed by atoms with van der Waals surface area (Å²) in [7, 11) is 0. The van der Waals surface area contributed by atoms with E-state index < -0.39 is 34.8 Å². The maximum Gasteiger partial charge on any atom is 0.417 e. The molecule has 0 amide bonds. The number of benzene rings is 6. The molecule has 10 rings (SSSR count). The number of oxazole rings is 2. The topological polar surface area (TPSA) is 124 Å². The van der Waals surface area contributed by atoms with Crippen molar-refractivity contribution in [2.24, 2.45) is 0 Å². The summed E-state index contributed by atoms with van der Waals surface area (Å²) in [6.45, 7) is 0. The Kier molecular flexibility index (Phi) is 10.5. The minimum atomic E-state index is -4.89. The van der Waals surface area contributed by atoms with Gasteiger partial charge in [0.2, 0.25) is 0 Å². The number of rotatable bonds is 11. The fourth-order valence-corrected chi connectivity index (χ4v) is 8.37. The van der Waals surface area contributed by atoms with Gasteiger partial charge in [0.1, 0.15) is 22.9 Å². The zero-order chi connectivity index (χ0) is 45.7. The lowest BCUT2D eigenvalue weighted by atomic mass is 9.92. The zero-order valence-electron chi connectivity index (χ0n) is 34.6. The van der Waals surface area contributed by atoms with Gasteiger partial charge in [0, 0.05) is 74.9 Å². The Bertz CT molecular complexity index is 3380. The molecule has 0 saturated heterocycles. The highest BCUT2D eigenvalue weighted by Gasteiger charge is 2.36. The Hall–Kier alpha value is -8.00. The molecule has 4 heterocycles. The van der Waals surface area contributed by atoms with Crippen molar-refractivity contribution in [1.82, 2.24) is 19.9 Å². The Morgan fingerprint density at radius 3 is 1.56 bits per heavy atom. The number of fused-ring (bicyclic) bond motifs is 2. The molecule has 0 bridgehead atoms. The molecule has 6 aromatic carbocycles. The van der Waals surface area contributed by atoms with Crippen LogP contribution in [0, 0.1) is 0 Å². The van der Waals surface area contributed by atoms with Crippen LogP contribution in [0.4, 0.5) is 26.3 Å². The van der Waals surface area contributed by atoms with E-state index in [1.165, 1.54) is 54.6 Å². The molecule has 10 aromatic rings. The van der Waals surface area contributed by atoms with E-state index in [1.54, 1.807) is 12.1 Å². The Morgan fingerprint density at radius 2 is 0.985 bits per heavy atom. The standard InChI is InChI=1S/C52H36F6N4O4/c53-51(54,55)35-17-9-30(10-18-35)49-48(62-46(65-49)24-16-34-28-60-43-8-4-2-6-38(34)43)31-13-21-41(52(56,57)58)39(25-31)40-26-32(14-22-44(40)64)50-47(29-11-19-36(63)20-12-29)61-45(66-50)23-15-33-27-59-42-7-3-1-5-37(33)42/h1-14,17-22,25-28,59-60,63-64H,15-16,23-24H2. The lowest BCUT2D eigenvalue weighted by Gasteiger charge is -2.16. The van der Waals surface area contributed by atoms with Crippen LogP contribution in [0.1, 0.15) is 34.0 Å². The van der Waals surface area contributed by atoms with Gasteiger partial charge >= 0.3 is 12.4 Å². The van der Waals surface area contributed by atoms with Crippen LogP contribution < -0.4 is 0 Å². The van der Waals surface area contributed by atoms with Crippen molar-refractivity contribution in [3.63, 3.8) is 0 Å². The van der Waals surface area contributed by atoms with Crippen LogP contribution in [0.5, 0.6) is 11.5 Å². The number of nitrogens with zero attached hydrogens (tertiary/aromatic N) is 2. The molecule has 0 aliphatic rings. The molecule has 14 heteroatoms. The quantitative estimate of drug-likeness (QED) is 0.0959. The van der Waals surface area contributed by atoms with Gasteiger partial charge in [-0.15, -0.1) is 0 Å². The third-order valence-electron chi connectivity index (χ3n) is 11.7. The summed E-state index contributed by atoms with van der Waals surface area (Å²) < 4.78 is 98.5. The predicted octanol–water partition coefficient (Wildman–Crippen LogP) is 14.0. The normalized spacial score (nSPS) is 12.2. The second-order valence-corrected chi connectivity index (χ2v) is 15.9. The first-order valence-corrected chi connectivity index (χ1v) is 20.9. The van der Waals surface area contributed by atoms with Gasteiger partial charge in [-0.1, -0.05) is 54.6 Å². The molecule has 66 heavy (non-hydrogen) atoms. The van der Waals surface area contributed by atoms with Crippen molar-refractivity contribution < 1.29 is 45.4 Å². The van der Waals surface area contributed by atoms with Crippen LogP contribution in [0.25, 0.3) is 78.1 Å². The number of hydrogen-bond donors (Lipinski definition) is 4. The summed E-state index contributed by atoms with van der Waals surface area (Å²) in [6, 6.07) is 33.6. The molecule has 330 valence electrons. The number of phenolic OH excluding ortho intramolecular Hbond substituents is 2. The van der Waals surface area contributed by atoms with Crippen LogP contribution in [0.3, 0.4) is 0 Å². The van der Waals surface area contributed by atoms with Crippen molar-refractivity contribution in [3.8, 4) is 67.8 Å². The average molecular weight is 895 g/mol. The summed E-state index contributed by atoms with van der Waals surface area (Å²) in [5, 5.41) is 23.5. The van der Waals surface area contributed by atoms with Crippen LogP contribution in [-0.2, 0) is 38.0 Å². The molecule has 0 saturated carbocycles. The van der Waals surface area contributed by atoms with Gasteiger partial charge in [0.25, 0.3) is 0 Å². The van der Waals surface area contributed by atoms with Crippen molar-refractivity contribution in [2.75, 3.05) is 0 Å². The Balaban J connectivity index is 1.06. The lowest BCUT2D eigenvalue weighted by Crippen LogP contribution is -2.07. The molecule has 4 aromatic heterocycles. The van der Waals surface area contributed by atoms with E-state index in [1.807, 2.05) is 60.9 Å². The van der Waals surface area contributed by atoms with Crippen molar-refractivity contribution in [1.29, 1.82) is 0 Å². The van der Waals surface area contributed by atoms with Crippen molar-refractivity contribution >= 4 is 21.8 Å². The minimum Gasteiger partial charge on any atom is -0.508 e. The van der Waals surface area contributed by atoms with E-state index in [0.717, 1.165) is 51.1 Å². The van der Waals surface area contributed by atoms with Gasteiger partial charge in [-0.2, -0.15) is 26.3 Å². The number of aromatic nitrogens is 4. The number of aryl methyl sites for hydroxylation is 4. The average Bonchev–Trinajstić information content (AvgIpc) is 4.13. The maximum atomic E-state index is 15.0. The molecule has 0 unspecified atom stereocenters. The molecule has 0 fully saturated rings. The van der Waals surface area contributed by atoms with Gasteiger partial charge in [0.15, 0.2) is 23.3 Å². The Labute approximate surface area is 371 Å². The number of alkyl halides is 6. The number of halogens is 6. The molecular weight excluding hydrogens is 859 g/mol. The number of hydrogen-bond acceptors (Lipinski definition) is 6. The lowest BCUT2D eigenvalue weighted by molar-refractivity contribution is -0.138. The molecule has 0 spiro atoms. The third-order valence-corrected chi connectivity index (χ3v) is 11.7. The van der Waals surface area contributed by atoms with Gasteiger partial charge in [-0.3, -0.25) is 0 Å². The summed E-state index contributed by atoms with van der Waals surface area (Å²) >= 11 is 0. The van der Waals surface area contributed by atoms with E-state index in [4.69, 9.17) is 18.8 Å². The first kappa shape index (κ1) is 42.0. The van der Waals surface area contributed by atoms with Crippen molar-refractivity contribution in [2.45, 2.75) is 38.0 Å². The smallest absolute Gasteiger partial charge is 0.417 e. The highest BCUT2D eigenvalue weighted by atomic mass is 19.4.